The summed E-state index contributed by atoms with van der Waals surface area (Å²) >= 11 is 0. The third kappa shape index (κ3) is 5.94. The number of rotatable bonds is 8. The molecule has 0 aliphatic carbocycles. The van der Waals surface area contributed by atoms with Crippen LogP contribution in [-0.4, -0.2) is 75.1 Å². The van der Waals surface area contributed by atoms with Crippen LogP contribution in [0.5, 0.6) is 11.5 Å². The maximum absolute atomic E-state index is 12.7. The van der Waals surface area contributed by atoms with Crippen molar-refractivity contribution in [3.05, 3.63) is 53.6 Å². The van der Waals surface area contributed by atoms with Crippen LogP contribution in [0.3, 0.4) is 0 Å². The number of anilines is 1. The standard InChI is InChI=1S/C28H38N4O4/c1-28(2,32-13-15-34-16-14-32)19-30-23-9-11-31(12-10-23)24-6-4-22(5-7-24)27(33)29-18-21-3-8-25-26(17-21)36-20-35-25/h3-8,17,23,30H,9-16,18-20H2,1-2H3,(H,29,33). The average Bonchev–Trinajstić information content (AvgIpc) is 3.40. The summed E-state index contributed by atoms with van der Waals surface area (Å²) in [7, 11) is 0. The molecule has 0 radical (unpaired) electrons. The van der Waals surface area contributed by atoms with Gasteiger partial charge in [-0.25, -0.2) is 0 Å². The fraction of sp³-hybridized carbons (Fsp3) is 0.536. The van der Waals surface area contributed by atoms with E-state index < -0.39 is 0 Å². The second-order valence-corrected chi connectivity index (χ2v) is 10.5. The summed E-state index contributed by atoms with van der Waals surface area (Å²) in [5, 5.41) is 6.81. The van der Waals surface area contributed by atoms with E-state index in [1.807, 2.05) is 30.3 Å². The summed E-state index contributed by atoms with van der Waals surface area (Å²) < 4.78 is 16.3. The van der Waals surface area contributed by atoms with Crippen molar-refractivity contribution in [3.8, 4) is 11.5 Å². The van der Waals surface area contributed by atoms with Crippen molar-refractivity contribution < 1.29 is 19.0 Å². The molecule has 2 aromatic rings. The summed E-state index contributed by atoms with van der Waals surface area (Å²) in [6.45, 7) is 12.1. The molecule has 5 rings (SSSR count). The minimum absolute atomic E-state index is 0.0787. The highest BCUT2D eigenvalue weighted by molar-refractivity contribution is 5.94. The van der Waals surface area contributed by atoms with E-state index >= 15 is 0 Å². The van der Waals surface area contributed by atoms with Crippen LogP contribution in [0.2, 0.25) is 0 Å². The summed E-state index contributed by atoms with van der Waals surface area (Å²) in [6.07, 6.45) is 2.24. The van der Waals surface area contributed by atoms with Crippen LogP contribution in [-0.2, 0) is 11.3 Å². The van der Waals surface area contributed by atoms with Gasteiger partial charge in [0.2, 0.25) is 6.79 Å². The molecule has 0 bridgehead atoms. The lowest BCUT2D eigenvalue weighted by Crippen LogP contribution is -2.56. The van der Waals surface area contributed by atoms with Crippen molar-refractivity contribution in [2.24, 2.45) is 0 Å². The Kier molecular flexibility index (Phi) is 7.65. The lowest BCUT2D eigenvalue weighted by molar-refractivity contribution is -0.0105. The first-order valence-corrected chi connectivity index (χ1v) is 13.1. The van der Waals surface area contributed by atoms with Gasteiger partial charge in [0.1, 0.15) is 0 Å². The van der Waals surface area contributed by atoms with Gasteiger partial charge in [-0.3, -0.25) is 9.69 Å². The van der Waals surface area contributed by atoms with Gasteiger partial charge in [-0.1, -0.05) is 6.07 Å². The molecule has 36 heavy (non-hydrogen) atoms. The topological polar surface area (TPSA) is 75.3 Å². The second kappa shape index (κ2) is 11.1. The fourth-order valence-electron chi connectivity index (χ4n) is 5.18. The first kappa shape index (κ1) is 24.9. The van der Waals surface area contributed by atoms with Gasteiger partial charge in [-0.2, -0.15) is 0 Å². The van der Waals surface area contributed by atoms with E-state index in [1.54, 1.807) is 0 Å². The van der Waals surface area contributed by atoms with Crippen LogP contribution in [0, 0.1) is 0 Å². The summed E-state index contributed by atoms with van der Waals surface area (Å²) in [5.41, 5.74) is 2.96. The Morgan fingerprint density at radius 1 is 0.972 bits per heavy atom. The lowest BCUT2D eigenvalue weighted by Gasteiger charge is -2.42. The van der Waals surface area contributed by atoms with Crippen LogP contribution in [0.1, 0.15) is 42.6 Å². The van der Waals surface area contributed by atoms with E-state index in [4.69, 9.17) is 14.2 Å². The molecule has 0 atom stereocenters. The number of carbonyl (C=O) groups is 1. The Balaban J connectivity index is 1.06. The minimum Gasteiger partial charge on any atom is -0.454 e. The third-order valence-electron chi connectivity index (χ3n) is 7.57. The molecule has 0 spiro atoms. The van der Waals surface area contributed by atoms with Crippen LogP contribution in [0.25, 0.3) is 0 Å². The number of hydrogen-bond acceptors (Lipinski definition) is 7. The molecule has 8 nitrogen and oxygen atoms in total. The summed E-state index contributed by atoms with van der Waals surface area (Å²) in [6, 6.07) is 14.2. The Labute approximate surface area is 213 Å². The van der Waals surface area contributed by atoms with Crippen molar-refractivity contribution in [2.75, 3.05) is 57.6 Å². The van der Waals surface area contributed by atoms with Crippen LogP contribution < -0.4 is 25.0 Å². The van der Waals surface area contributed by atoms with Crippen molar-refractivity contribution >= 4 is 11.6 Å². The molecule has 1 amide bonds. The molecule has 0 saturated carbocycles. The smallest absolute Gasteiger partial charge is 0.251 e. The van der Waals surface area contributed by atoms with Gasteiger partial charge >= 0.3 is 0 Å². The van der Waals surface area contributed by atoms with Crippen LogP contribution in [0.4, 0.5) is 5.69 Å². The largest absolute Gasteiger partial charge is 0.454 e. The first-order chi connectivity index (χ1) is 17.5. The highest BCUT2D eigenvalue weighted by Crippen LogP contribution is 2.32. The molecule has 0 unspecified atom stereocenters. The van der Waals surface area contributed by atoms with Gasteiger partial charge in [0.25, 0.3) is 5.91 Å². The van der Waals surface area contributed by atoms with E-state index in [2.05, 4.69) is 46.4 Å². The monoisotopic (exact) mass is 494 g/mol. The van der Waals surface area contributed by atoms with E-state index in [0.717, 1.165) is 75.8 Å². The highest BCUT2D eigenvalue weighted by Gasteiger charge is 2.29. The van der Waals surface area contributed by atoms with Crippen LogP contribution >= 0.6 is 0 Å². The molecule has 2 saturated heterocycles. The molecule has 3 heterocycles. The predicted molar refractivity (Wildman–Crippen MR) is 140 cm³/mol. The average molecular weight is 495 g/mol. The molecule has 0 aromatic heterocycles. The number of benzene rings is 2. The lowest BCUT2D eigenvalue weighted by atomic mass is 9.99. The molecular weight excluding hydrogens is 456 g/mol. The van der Waals surface area contributed by atoms with Crippen molar-refractivity contribution in [1.29, 1.82) is 0 Å². The van der Waals surface area contributed by atoms with Gasteiger partial charge < -0.3 is 29.7 Å². The molecule has 194 valence electrons. The number of carbonyl (C=O) groups excluding carboxylic acids is 1. The minimum atomic E-state index is -0.0787. The van der Waals surface area contributed by atoms with E-state index in [0.29, 0.717) is 18.2 Å². The maximum Gasteiger partial charge on any atom is 0.251 e. The zero-order valence-electron chi connectivity index (χ0n) is 21.4. The molecular formula is C28H38N4O4. The van der Waals surface area contributed by atoms with E-state index in [9.17, 15) is 4.79 Å². The fourth-order valence-corrected chi connectivity index (χ4v) is 5.18. The number of amides is 1. The number of ether oxygens (including phenoxy) is 3. The first-order valence-electron chi connectivity index (χ1n) is 13.1. The zero-order chi connectivity index (χ0) is 25.0. The third-order valence-corrected chi connectivity index (χ3v) is 7.57. The molecule has 8 heteroatoms. The normalized spacial score (nSPS) is 18.9. The van der Waals surface area contributed by atoms with E-state index in [1.165, 1.54) is 5.69 Å². The van der Waals surface area contributed by atoms with Gasteiger partial charge in [-0.05, 0) is 68.7 Å². The molecule has 3 aliphatic rings. The maximum atomic E-state index is 12.7. The quantitative estimate of drug-likeness (QED) is 0.584. The number of piperidine rings is 1. The van der Waals surface area contributed by atoms with Crippen molar-refractivity contribution in [2.45, 2.75) is 44.8 Å². The molecule has 3 aliphatic heterocycles. The highest BCUT2D eigenvalue weighted by atomic mass is 16.7. The molecule has 2 fully saturated rings. The van der Waals surface area contributed by atoms with Crippen molar-refractivity contribution in [3.63, 3.8) is 0 Å². The SMILES string of the molecule is CC(C)(CNC1CCN(c2ccc(C(=O)NCc3ccc4c(c3)OCO4)cc2)CC1)N1CCOCC1. The zero-order valence-corrected chi connectivity index (χ0v) is 21.4. The number of fused-ring (bicyclic) bond motifs is 1. The van der Waals surface area contributed by atoms with Gasteiger partial charge in [0.05, 0.1) is 13.2 Å². The second-order valence-electron chi connectivity index (χ2n) is 10.5. The Morgan fingerprint density at radius 3 is 2.44 bits per heavy atom. The molecule has 2 N–H and O–H groups in total. The Hall–Kier alpha value is -2.81. The Morgan fingerprint density at radius 2 is 1.69 bits per heavy atom. The van der Waals surface area contributed by atoms with Crippen molar-refractivity contribution in [1.82, 2.24) is 15.5 Å². The van der Waals surface area contributed by atoms with Gasteiger partial charge in [0.15, 0.2) is 11.5 Å². The summed E-state index contributed by atoms with van der Waals surface area (Å²) in [4.78, 5) is 17.6. The number of hydrogen-bond donors (Lipinski definition) is 2. The molecule has 2 aromatic carbocycles. The van der Waals surface area contributed by atoms with Gasteiger partial charge in [-0.15, -0.1) is 0 Å². The number of morpholine rings is 1. The number of nitrogens with one attached hydrogen (secondary N) is 2. The predicted octanol–water partition coefficient (Wildman–Crippen LogP) is 3.01. The Bertz CT molecular complexity index is 1030. The van der Waals surface area contributed by atoms with E-state index in [-0.39, 0.29) is 18.2 Å². The van der Waals surface area contributed by atoms with Gasteiger partial charge in [0, 0.05) is 62.1 Å². The van der Waals surface area contributed by atoms with Crippen LogP contribution in [0.15, 0.2) is 42.5 Å². The number of nitrogens with zero attached hydrogens (tertiary/aromatic N) is 2. The summed E-state index contributed by atoms with van der Waals surface area (Å²) in [5.74, 6) is 1.40.